The second-order valence-electron chi connectivity index (χ2n) is 1.01. The lowest BCUT2D eigenvalue weighted by Crippen LogP contribution is -2.03. The molecule has 0 aliphatic carbocycles. The topological polar surface area (TPSA) is 29.5 Å². The van der Waals surface area contributed by atoms with Crippen molar-refractivity contribution in [3.63, 3.8) is 0 Å². The number of rotatable bonds is 0. The number of hydrogen-bond acceptors (Lipinski definition) is 2. The largest absolute Gasteiger partial charge is 0.391 e. The van der Waals surface area contributed by atoms with Gasteiger partial charge in [0, 0.05) is 13.2 Å². The fourth-order valence-electron chi connectivity index (χ4n) is 0.258. The van der Waals surface area contributed by atoms with Crippen LogP contribution in [-0.2, 0) is 4.74 Å². The maximum absolute atomic E-state index is 9.37. The molecule has 1 aliphatic heterocycles. The van der Waals surface area contributed by atoms with Crippen LogP contribution in [0.25, 0.3) is 0 Å². The minimum atomic E-state index is -3.48. The summed E-state index contributed by atoms with van der Waals surface area (Å²) in [6, 6.07) is 0. The lowest BCUT2D eigenvalue weighted by atomic mass is 10.2. The summed E-state index contributed by atoms with van der Waals surface area (Å²) < 4.78 is 68.2. The van der Waals surface area contributed by atoms with Crippen LogP contribution in [0.2, 0.25) is 0 Å². The SMILES string of the molecule is [2H]C([2H])([2H])C1([2H])OC([2H])([2H])C([2H])(O)C1([2H])[2H]. The number of hydrogen-bond donors (Lipinski definition) is 1. The summed E-state index contributed by atoms with van der Waals surface area (Å²) in [6.45, 7) is -6.62. The molecule has 0 radical (unpaired) electrons. The molecule has 42 valence electrons. The van der Waals surface area contributed by atoms with Gasteiger partial charge in [0.15, 0.2) is 0 Å². The van der Waals surface area contributed by atoms with Crippen LogP contribution in [0, 0.1) is 0 Å². The molecule has 0 aromatic carbocycles. The second-order valence-corrected chi connectivity index (χ2v) is 1.01. The first-order valence-corrected chi connectivity index (χ1v) is 1.63. The molecule has 1 fully saturated rings. The molecule has 2 nitrogen and oxygen atoms in total. The molecule has 1 aliphatic rings. The lowest BCUT2D eigenvalue weighted by molar-refractivity contribution is 0.0971. The van der Waals surface area contributed by atoms with Crippen molar-refractivity contribution in [1.82, 2.24) is 0 Å². The summed E-state index contributed by atoms with van der Waals surface area (Å²) in [7, 11) is 0. The predicted octanol–water partition coefficient (Wildman–Crippen LogP) is 0.156. The third-order valence-electron chi connectivity index (χ3n) is 0.482. The van der Waals surface area contributed by atoms with Crippen molar-refractivity contribution < 1.29 is 22.2 Å². The van der Waals surface area contributed by atoms with Crippen LogP contribution in [0.3, 0.4) is 0 Å². The molecule has 0 amide bonds. The van der Waals surface area contributed by atoms with E-state index in [9.17, 15) is 5.11 Å². The van der Waals surface area contributed by atoms with Crippen molar-refractivity contribution in [2.45, 2.75) is 25.4 Å². The summed E-state index contributed by atoms with van der Waals surface area (Å²) in [5.74, 6) is 0. The third-order valence-corrected chi connectivity index (χ3v) is 0.482. The summed E-state index contributed by atoms with van der Waals surface area (Å²) >= 11 is 0. The minimum Gasteiger partial charge on any atom is -0.391 e. The third kappa shape index (κ3) is 1.14. The fourth-order valence-corrected chi connectivity index (χ4v) is 0.258. The van der Waals surface area contributed by atoms with Crippen LogP contribution in [-0.4, -0.2) is 23.8 Å². The monoisotopic (exact) mass is 111 g/mol. The number of ether oxygens (including phenoxy) is 1. The van der Waals surface area contributed by atoms with Gasteiger partial charge in [0.05, 0.1) is 24.2 Å². The first-order valence-electron chi connectivity index (χ1n) is 6.13. The Kier molecular flexibility index (Phi) is 0.246. The van der Waals surface area contributed by atoms with E-state index in [4.69, 9.17) is 12.3 Å². The molecule has 0 aromatic heterocycles. The van der Waals surface area contributed by atoms with E-state index in [1.165, 1.54) is 0 Å². The molecule has 2 unspecified atom stereocenters. The van der Waals surface area contributed by atoms with Gasteiger partial charge in [-0.05, 0) is 6.85 Å². The zero-order chi connectivity index (χ0) is 13.2. The molecule has 2 heteroatoms. The molecule has 7 heavy (non-hydrogen) atoms. The maximum atomic E-state index is 9.37. The zero-order valence-corrected chi connectivity index (χ0v) is 3.36. The molecule has 1 heterocycles. The van der Waals surface area contributed by atoms with Crippen LogP contribution in [0.15, 0.2) is 0 Å². The first-order chi connectivity index (χ1) is 6.71. The van der Waals surface area contributed by atoms with Crippen molar-refractivity contribution in [3.05, 3.63) is 0 Å². The highest BCUT2D eigenvalue weighted by Gasteiger charge is 2.18. The van der Waals surface area contributed by atoms with E-state index >= 15 is 0 Å². The van der Waals surface area contributed by atoms with Gasteiger partial charge in [-0.2, -0.15) is 0 Å². The first kappa shape index (κ1) is 0.957. The lowest BCUT2D eigenvalue weighted by Gasteiger charge is -1.94. The van der Waals surface area contributed by atoms with E-state index in [-0.39, 0.29) is 0 Å². The van der Waals surface area contributed by atoms with Crippen LogP contribution in [0.4, 0.5) is 0 Å². The van der Waals surface area contributed by atoms with Crippen molar-refractivity contribution in [1.29, 1.82) is 0 Å². The smallest absolute Gasteiger partial charge is 0.0798 e. The summed E-state index contributed by atoms with van der Waals surface area (Å²) in [6.07, 6.45) is -10.2. The van der Waals surface area contributed by atoms with Crippen molar-refractivity contribution in [2.75, 3.05) is 6.56 Å². The molecular formula is C5H10O2. The molecule has 1 N–H and O–H groups in total. The average molecular weight is 111 g/mol. The Labute approximate surface area is 55.7 Å². The van der Waals surface area contributed by atoms with Gasteiger partial charge >= 0.3 is 0 Å². The van der Waals surface area contributed by atoms with Gasteiger partial charge in [-0.1, -0.05) is 0 Å². The standard InChI is InChI=1S/C5H10O2/c1-4-2-5(6)3-7-4/h4-6H,2-3H2,1H3/i1D3,2D2,3D2,4D,5D. The maximum Gasteiger partial charge on any atom is 0.0798 e. The Hall–Kier alpha value is -0.0800. The van der Waals surface area contributed by atoms with Crippen LogP contribution < -0.4 is 0 Å². The molecule has 1 rings (SSSR count). The van der Waals surface area contributed by atoms with Crippen LogP contribution in [0.1, 0.15) is 25.6 Å². The second kappa shape index (κ2) is 1.80. The van der Waals surface area contributed by atoms with Gasteiger partial charge in [-0.3, -0.25) is 0 Å². The van der Waals surface area contributed by atoms with Crippen molar-refractivity contribution >= 4 is 0 Å². The van der Waals surface area contributed by atoms with E-state index in [1.807, 2.05) is 0 Å². The van der Waals surface area contributed by atoms with E-state index in [1.54, 1.807) is 0 Å². The van der Waals surface area contributed by atoms with E-state index in [0.717, 1.165) is 0 Å². The Morgan fingerprint density at radius 2 is 3.14 bits per heavy atom. The molecule has 1 saturated heterocycles. The van der Waals surface area contributed by atoms with E-state index in [2.05, 4.69) is 4.74 Å². The summed E-state index contributed by atoms with van der Waals surface area (Å²) in [4.78, 5) is 0. The minimum absolute atomic E-state index is 3.29. The van der Waals surface area contributed by atoms with Gasteiger partial charge in [0.1, 0.15) is 0 Å². The molecule has 0 bridgehead atoms. The summed E-state index contributed by atoms with van der Waals surface area (Å²) in [5.41, 5.74) is 0. The number of aliphatic hydroxyl groups is 1. The zero-order valence-electron chi connectivity index (χ0n) is 12.4. The van der Waals surface area contributed by atoms with Gasteiger partial charge in [-0.25, -0.2) is 0 Å². The molecular weight excluding hydrogens is 92.1 g/mol. The molecule has 0 aromatic rings. The predicted molar refractivity (Wildman–Crippen MR) is 26.0 cm³/mol. The van der Waals surface area contributed by atoms with Crippen LogP contribution >= 0.6 is 0 Å². The normalized spacial score (nSPS) is 98.1. The van der Waals surface area contributed by atoms with Gasteiger partial charge in [0.25, 0.3) is 0 Å². The van der Waals surface area contributed by atoms with E-state index in [0.29, 0.717) is 0 Å². The Morgan fingerprint density at radius 3 is 3.43 bits per heavy atom. The summed E-state index contributed by atoms with van der Waals surface area (Å²) in [5, 5.41) is 9.37. The molecule has 2 atom stereocenters. The highest BCUT2D eigenvalue weighted by molar-refractivity contribution is 4.67. The van der Waals surface area contributed by atoms with Crippen LogP contribution in [0.5, 0.6) is 0 Å². The highest BCUT2D eigenvalue weighted by Crippen LogP contribution is 2.10. The quantitative estimate of drug-likeness (QED) is 0.482. The average Bonchev–Trinajstić information content (AvgIpc) is 2.07. The molecule has 0 saturated carbocycles. The fraction of sp³-hybridized carbons (Fsp3) is 1.00. The molecule has 0 spiro atoms. The van der Waals surface area contributed by atoms with Gasteiger partial charge in [0.2, 0.25) is 0 Å². The highest BCUT2D eigenvalue weighted by atomic mass is 16.5. The van der Waals surface area contributed by atoms with E-state index < -0.39 is 31.9 Å². The van der Waals surface area contributed by atoms with Crippen molar-refractivity contribution in [3.8, 4) is 0 Å². The van der Waals surface area contributed by atoms with Gasteiger partial charge in [-0.15, -0.1) is 0 Å². The Bertz CT molecular complexity index is 308. The Balaban J connectivity index is 3.41. The van der Waals surface area contributed by atoms with Gasteiger partial charge < -0.3 is 9.84 Å². The Morgan fingerprint density at radius 1 is 2.29 bits per heavy atom. The van der Waals surface area contributed by atoms with Crippen molar-refractivity contribution in [2.24, 2.45) is 0 Å².